The van der Waals surface area contributed by atoms with Gasteiger partial charge in [-0.15, -0.1) is 24.0 Å². The monoisotopic (exact) mass is 472 g/mol. The summed E-state index contributed by atoms with van der Waals surface area (Å²) < 4.78 is 6.02. The fourth-order valence-electron chi connectivity index (χ4n) is 4.41. The van der Waals surface area contributed by atoms with Gasteiger partial charge in [-0.2, -0.15) is 0 Å². The smallest absolute Gasteiger partial charge is 0.191 e. The summed E-state index contributed by atoms with van der Waals surface area (Å²) in [4.78, 5) is 9.23. The normalized spacial score (nSPS) is 24.0. The number of hydrogen-bond donors (Lipinski definition) is 2. The summed E-state index contributed by atoms with van der Waals surface area (Å²) in [5, 5.41) is 7.09. The molecule has 0 radical (unpaired) electrons. The first kappa shape index (κ1) is 21.4. The van der Waals surface area contributed by atoms with Crippen LogP contribution in [-0.2, 0) is 11.3 Å². The molecule has 146 valence electrons. The summed E-state index contributed by atoms with van der Waals surface area (Å²) in [5.41, 5.74) is 2.54. The highest BCUT2D eigenvalue weighted by Crippen LogP contribution is 2.54. The molecule has 2 unspecified atom stereocenters. The molecule has 2 aliphatic rings. The van der Waals surface area contributed by atoms with Crippen molar-refractivity contribution in [1.29, 1.82) is 0 Å². The minimum atomic E-state index is 0. The van der Waals surface area contributed by atoms with Crippen LogP contribution < -0.4 is 10.6 Å². The Morgan fingerprint density at radius 1 is 1.35 bits per heavy atom. The van der Waals surface area contributed by atoms with Crippen molar-refractivity contribution in [3.8, 4) is 0 Å². The van der Waals surface area contributed by atoms with Gasteiger partial charge in [0.25, 0.3) is 0 Å². The fourth-order valence-corrected chi connectivity index (χ4v) is 4.41. The van der Waals surface area contributed by atoms with Gasteiger partial charge in [-0.25, -0.2) is 4.99 Å². The minimum absolute atomic E-state index is 0. The number of hydrogen-bond acceptors (Lipinski definition) is 3. The highest BCUT2D eigenvalue weighted by atomic mass is 127. The SMILES string of the molecule is CCNC(=NCc1ncccc1C)NC1CC(OCC)C12CCCC2.I. The lowest BCUT2D eigenvalue weighted by atomic mass is 9.60. The highest BCUT2D eigenvalue weighted by Gasteiger charge is 2.56. The van der Waals surface area contributed by atoms with Gasteiger partial charge in [-0.1, -0.05) is 18.9 Å². The van der Waals surface area contributed by atoms with Gasteiger partial charge in [0.1, 0.15) is 0 Å². The third-order valence-electron chi connectivity index (χ3n) is 5.85. The van der Waals surface area contributed by atoms with Gasteiger partial charge in [-0.3, -0.25) is 4.98 Å². The van der Waals surface area contributed by atoms with E-state index >= 15 is 0 Å². The number of guanidine groups is 1. The Morgan fingerprint density at radius 2 is 2.12 bits per heavy atom. The number of pyridine rings is 1. The zero-order valence-electron chi connectivity index (χ0n) is 16.3. The number of nitrogens with one attached hydrogen (secondary N) is 2. The van der Waals surface area contributed by atoms with E-state index in [1.807, 2.05) is 12.3 Å². The fraction of sp³-hybridized carbons (Fsp3) is 0.700. The third kappa shape index (κ3) is 4.50. The second kappa shape index (κ2) is 9.88. The van der Waals surface area contributed by atoms with Gasteiger partial charge < -0.3 is 15.4 Å². The van der Waals surface area contributed by atoms with Crippen molar-refractivity contribution in [3.05, 3.63) is 29.6 Å². The van der Waals surface area contributed by atoms with Crippen LogP contribution in [0.4, 0.5) is 0 Å². The maximum atomic E-state index is 6.02. The van der Waals surface area contributed by atoms with Crippen LogP contribution in [-0.4, -0.2) is 36.2 Å². The average molecular weight is 472 g/mol. The minimum Gasteiger partial charge on any atom is -0.378 e. The standard InChI is InChI=1S/C20H32N4O.HI/c1-4-21-19(23-14-16-15(3)9-8-12-22-16)24-17-13-18(25-5-2)20(17)10-6-7-11-20;/h8-9,12,17-18H,4-7,10-11,13-14H2,1-3H3,(H2,21,23,24);1H. The van der Waals surface area contributed by atoms with Crippen LogP contribution in [0.25, 0.3) is 0 Å². The first-order chi connectivity index (χ1) is 12.2. The summed E-state index contributed by atoms with van der Waals surface area (Å²) in [6, 6.07) is 4.52. The Kier molecular flexibility index (Phi) is 8.13. The van der Waals surface area contributed by atoms with Gasteiger partial charge in [0.15, 0.2) is 5.96 Å². The van der Waals surface area contributed by atoms with Crippen LogP contribution in [0.5, 0.6) is 0 Å². The van der Waals surface area contributed by atoms with E-state index in [2.05, 4.69) is 42.5 Å². The van der Waals surface area contributed by atoms with Crippen LogP contribution in [0.2, 0.25) is 0 Å². The van der Waals surface area contributed by atoms with Gasteiger partial charge in [0, 0.05) is 30.8 Å². The summed E-state index contributed by atoms with van der Waals surface area (Å²) in [5.74, 6) is 0.902. The van der Waals surface area contributed by atoms with Crippen molar-refractivity contribution in [3.63, 3.8) is 0 Å². The number of halogens is 1. The maximum Gasteiger partial charge on any atom is 0.191 e. The molecule has 1 aromatic rings. The largest absolute Gasteiger partial charge is 0.378 e. The zero-order chi connectivity index (χ0) is 17.7. The topological polar surface area (TPSA) is 58.5 Å². The molecule has 0 amide bonds. The summed E-state index contributed by atoms with van der Waals surface area (Å²) in [6.45, 7) is 8.58. The van der Waals surface area contributed by atoms with Crippen LogP contribution in [0.1, 0.15) is 57.2 Å². The van der Waals surface area contributed by atoms with E-state index in [1.165, 1.54) is 31.2 Å². The van der Waals surface area contributed by atoms with Crippen LogP contribution >= 0.6 is 24.0 Å². The van der Waals surface area contributed by atoms with E-state index < -0.39 is 0 Å². The molecule has 2 atom stereocenters. The maximum absolute atomic E-state index is 6.02. The lowest BCUT2D eigenvalue weighted by Crippen LogP contribution is -2.65. The van der Waals surface area contributed by atoms with Crippen molar-refractivity contribution in [2.45, 2.75) is 71.6 Å². The summed E-state index contributed by atoms with van der Waals surface area (Å²) in [7, 11) is 0. The Labute approximate surface area is 174 Å². The molecule has 0 saturated heterocycles. The van der Waals surface area contributed by atoms with Crippen LogP contribution in [0, 0.1) is 12.3 Å². The van der Waals surface area contributed by atoms with Gasteiger partial charge in [0.05, 0.1) is 18.3 Å². The molecule has 2 fully saturated rings. The van der Waals surface area contributed by atoms with E-state index in [-0.39, 0.29) is 24.0 Å². The molecule has 26 heavy (non-hydrogen) atoms. The quantitative estimate of drug-likeness (QED) is 0.376. The van der Waals surface area contributed by atoms with Crippen molar-refractivity contribution in [1.82, 2.24) is 15.6 Å². The predicted molar refractivity (Wildman–Crippen MR) is 117 cm³/mol. The molecule has 5 nitrogen and oxygen atoms in total. The lowest BCUT2D eigenvalue weighted by molar-refractivity contribution is -0.125. The number of nitrogens with zero attached hydrogens (tertiary/aromatic N) is 2. The molecule has 0 bridgehead atoms. The predicted octanol–water partition coefficient (Wildman–Crippen LogP) is 3.80. The Hall–Kier alpha value is -0.890. The number of ether oxygens (including phenoxy) is 1. The Bertz CT molecular complexity index is 601. The number of aryl methyl sites for hydroxylation is 1. The first-order valence-electron chi connectivity index (χ1n) is 9.76. The molecule has 6 heteroatoms. The molecular formula is C20H33IN4O. The number of rotatable bonds is 6. The molecular weight excluding hydrogens is 439 g/mol. The van der Waals surface area contributed by atoms with Crippen LogP contribution in [0.3, 0.4) is 0 Å². The zero-order valence-corrected chi connectivity index (χ0v) is 18.6. The van der Waals surface area contributed by atoms with Crippen molar-refractivity contribution in [2.75, 3.05) is 13.2 Å². The van der Waals surface area contributed by atoms with E-state index in [4.69, 9.17) is 9.73 Å². The van der Waals surface area contributed by atoms with Crippen molar-refractivity contribution < 1.29 is 4.74 Å². The van der Waals surface area contributed by atoms with Gasteiger partial charge in [0.2, 0.25) is 0 Å². The van der Waals surface area contributed by atoms with E-state index in [0.29, 0.717) is 24.1 Å². The van der Waals surface area contributed by atoms with Gasteiger partial charge >= 0.3 is 0 Å². The van der Waals surface area contributed by atoms with Crippen molar-refractivity contribution >= 4 is 29.9 Å². The molecule has 0 aliphatic heterocycles. The lowest BCUT2D eigenvalue weighted by Gasteiger charge is -2.54. The Balaban J connectivity index is 0.00000243. The molecule has 2 saturated carbocycles. The van der Waals surface area contributed by atoms with Gasteiger partial charge in [-0.05, 0) is 51.7 Å². The van der Waals surface area contributed by atoms with Crippen molar-refractivity contribution in [2.24, 2.45) is 10.4 Å². The second-order valence-corrected chi connectivity index (χ2v) is 7.28. The summed E-state index contributed by atoms with van der Waals surface area (Å²) >= 11 is 0. The molecule has 1 heterocycles. The molecule has 1 aromatic heterocycles. The molecule has 2 aliphatic carbocycles. The molecule has 1 spiro atoms. The third-order valence-corrected chi connectivity index (χ3v) is 5.85. The summed E-state index contributed by atoms with van der Waals surface area (Å²) in [6.07, 6.45) is 8.52. The van der Waals surface area contributed by atoms with E-state index in [0.717, 1.165) is 31.2 Å². The Morgan fingerprint density at radius 3 is 2.77 bits per heavy atom. The number of aromatic nitrogens is 1. The highest BCUT2D eigenvalue weighted by molar-refractivity contribution is 14.0. The average Bonchev–Trinajstić information content (AvgIpc) is 3.13. The number of aliphatic imine (C=N–C) groups is 1. The van der Waals surface area contributed by atoms with E-state index in [9.17, 15) is 0 Å². The molecule has 3 rings (SSSR count). The molecule has 0 aromatic carbocycles. The molecule has 2 N–H and O–H groups in total. The van der Waals surface area contributed by atoms with Crippen LogP contribution in [0.15, 0.2) is 23.3 Å². The first-order valence-corrected chi connectivity index (χ1v) is 9.76. The van der Waals surface area contributed by atoms with E-state index in [1.54, 1.807) is 0 Å². The second-order valence-electron chi connectivity index (χ2n) is 7.28.